The van der Waals surface area contributed by atoms with Crippen LogP contribution in [0.5, 0.6) is 0 Å². The lowest BCUT2D eigenvalue weighted by molar-refractivity contribution is -0.132. The minimum atomic E-state index is -0.0452. The molecule has 2 aliphatic heterocycles. The molecule has 0 N–H and O–H groups in total. The molecule has 4 rings (SSSR count). The monoisotopic (exact) mass is 359 g/mol. The minimum absolute atomic E-state index is 0.0452. The van der Waals surface area contributed by atoms with Crippen molar-refractivity contribution in [1.82, 2.24) is 15.0 Å². The number of piperidine rings is 1. The van der Waals surface area contributed by atoms with Gasteiger partial charge >= 0.3 is 0 Å². The van der Waals surface area contributed by atoms with Crippen molar-refractivity contribution < 1.29 is 14.1 Å². The lowest BCUT2D eigenvalue weighted by Gasteiger charge is -2.41. The Labute approximate surface area is 154 Å². The van der Waals surface area contributed by atoms with Gasteiger partial charge in [-0.1, -0.05) is 24.4 Å². The Kier molecular flexibility index (Phi) is 5.00. The summed E-state index contributed by atoms with van der Waals surface area (Å²) in [5.74, 6) is 1.38. The zero-order valence-electron chi connectivity index (χ0n) is 15.7. The van der Waals surface area contributed by atoms with Crippen LogP contribution in [0.25, 0.3) is 0 Å². The Hall–Kier alpha value is -1.85. The van der Waals surface area contributed by atoms with Crippen molar-refractivity contribution in [2.75, 3.05) is 20.1 Å². The van der Waals surface area contributed by atoms with Crippen LogP contribution in [-0.4, -0.2) is 52.9 Å². The molecular weight excluding hydrogens is 330 g/mol. The highest BCUT2D eigenvalue weighted by Gasteiger charge is 2.38. The second kappa shape index (κ2) is 7.41. The standard InChI is InChI=1S/C20H29N3O3/c1-22-17-10-11-23(13-15(17)8-5-9-19(22)24)20(25)18-12-16(21-26-18)14-6-3-2-4-7-14/h12,14-15,17H,2-11,13H2,1H3/t15-,17-/m1/s1. The number of rotatable bonds is 2. The molecule has 0 radical (unpaired) electrons. The maximum Gasteiger partial charge on any atom is 0.292 e. The minimum Gasteiger partial charge on any atom is -0.351 e. The third-order valence-electron chi connectivity index (χ3n) is 6.60. The molecule has 1 saturated carbocycles. The van der Waals surface area contributed by atoms with E-state index in [4.69, 9.17) is 4.52 Å². The Morgan fingerprint density at radius 1 is 1.15 bits per heavy atom. The van der Waals surface area contributed by atoms with Crippen molar-refractivity contribution in [2.24, 2.45) is 5.92 Å². The van der Waals surface area contributed by atoms with E-state index in [9.17, 15) is 9.59 Å². The lowest BCUT2D eigenvalue weighted by Crippen LogP contribution is -2.51. The molecule has 3 heterocycles. The molecular formula is C20H29N3O3. The van der Waals surface area contributed by atoms with Crippen molar-refractivity contribution in [1.29, 1.82) is 0 Å². The Bertz CT molecular complexity index is 665. The molecule has 3 fully saturated rings. The van der Waals surface area contributed by atoms with Crippen LogP contribution < -0.4 is 0 Å². The normalized spacial score (nSPS) is 28.0. The lowest BCUT2D eigenvalue weighted by atomic mass is 9.87. The highest BCUT2D eigenvalue weighted by molar-refractivity contribution is 5.91. The number of fused-ring (bicyclic) bond motifs is 1. The molecule has 0 unspecified atom stereocenters. The highest BCUT2D eigenvalue weighted by Crippen LogP contribution is 2.33. The predicted molar refractivity (Wildman–Crippen MR) is 96.7 cm³/mol. The van der Waals surface area contributed by atoms with Crippen LogP contribution in [0.3, 0.4) is 0 Å². The number of nitrogens with zero attached hydrogens (tertiary/aromatic N) is 3. The Balaban J connectivity index is 1.43. The van der Waals surface area contributed by atoms with E-state index in [1.807, 2.05) is 22.9 Å². The van der Waals surface area contributed by atoms with Gasteiger partial charge in [-0.2, -0.15) is 0 Å². The van der Waals surface area contributed by atoms with Crippen LogP contribution in [0.4, 0.5) is 0 Å². The van der Waals surface area contributed by atoms with Crippen LogP contribution in [0, 0.1) is 5.92 Å². The quantitative estimate of drug-likeness (QED) is 0.813. The largest absolute Gasteiger partial charge is 0.351 e. The van der Waals surface area contributed by atoms with Gasteiger partial charge in [-0.15, -0.1) is 0 Å². The number of hydrogen-bond acceptors (Lipinski definition) is 4. The zero-order valence-corrected chi connectivity index (χ0v) is 15.7. The maximum absolute atomic E-state index is 12.9. The van der Waals surface area contributed by atoms with E-state index in [0.29, 0.717) is 37.1 Å². The summed E-state index contributed by atoms with van der Waals surface area (Å²) in [5.41, 5.74) is 0.947. The van der Waals surface area contributed by atoms with Gasteiger partial charge in [-0.3, -0.25) is 9.59 Å². The molecule has 6 nitrogen and oxygen atoms in total. The molecule has 2 atom stereocenters. The molecule has 2 saturated heterocycles. The molecule has 142 valence electrons. The molecule has 1 aromatic rings. The van der Waals surface area contributed by atoms with Gasteiger partial charge in [0.25, 0.3) is 5.91 Å². The summed E-state index contributed by atoms with van der Waals surface area (Å²) in [5, 5.41) is 4.20. The van der Waals surface area contributed by atoms with E-state index >= 15 is 0 Å². The van der Waals surface area contributed by atoms with E-state index in [1.54, 1.807) is 0 Å². The predicted octanol–water partition coefficient (Wildman–Crippen LogP) is 3.20. The smallest absolute Gasteiger partial charge is 0.292 e. The molecule has 0 spiro atoms. The Morgan fingerprint density at radius 3 is 2.77 bits per heavy atom. The van der Waals surface area contributed by atoms with E-state index in [-0.39, 0.29) is 17.9 Å². The van der Waals surface area contributed by atoms with Gasteiger partial charge in [0.2, 0.25) is 11.7 Å². The summed E-state index contributed by atoms with van der Waals surface area (Å²) < 4.78 is 5.43. The third kappa shape index (κ3) is 3.38. The topological polar surface area (TPSA) is 66.7 Å². The van der Waals surface area contributed by atoms with E-state index in [1.165, 1.54) is 19.3 Å². The summed E-state index contributed by atoms with van der Waals surface area (Å²) in [6.45, 7) is 1.39. The first-order chi connectivity index (χ1) is 12.6. The number of likely N-dealkylation sites (tertiary alicyclic amines) is 2. The molecule has 26 heavy (non-hydrogen) atoms. The second-order valence-corrected chi connectivity index (χ2v) is 8.22. The summed E-state index contributed by atoms with van der Waals surface area (Å²) in [7, 11) is 1.91. The van der Waals surface area contributed by atoms with Crippen LogP contribution in [-0.2, 0) is 4.79 Å². The first-order valence-corrected chi connectivity index (χ1v) is 10.1. The number of carbonyl (C=O) groups is 2. The first-order valence-electron chi connectivity index (χ1n) is 10.1. The summed E-state index contributed by atoms with van der Waals surface area (Å²) in [4.78, 5) is 28.8. The van der Waals surface area contributed by atoms with Crippen LogP contribution in [0.1, 0.15) is 80.0 Å². The second-order valence-electron chi connectivity index (χ2n) is 8.22. The number of hydrogen-bond donors (Lipinski definition) is 0. The SMILES string of the molecule is CN1C(=O)CCC[C@@H]2CN(C(=O)c3cc(C4CCCCC4)no3)CC[C@H]21. The highest BCUT2D eigenvalue weighted by atomic mass is 16.5. The zero-order chi connectivity index (χ0) is 18.1. The van der Waals surface area contributed by atoms with Gasteiger partial charge in [-0.05, 0) is 38.0 Å². The van der Waals surface area contributed by atoms with Gasteiger partial charge in [0.15, 0.2) is 0 Å². The third-order valence-corrected chi connectivity index (χ3v) is 6.60. The van der Waals surface area contributed by atoms with Crippen molar-refractivity contribution in [2.45, 2.75) is 69.7 Å². The van der Waals surface area contributed by atoms with E-state index in [2.05, 4.69) is 5.16 Å². The molecule has 3 aliphatic rings. The summed E-state index contributed by atoms with van der Waals surface area (Å²) in [6, 6.07) is 2.13. The molecule has 0 aromatic carbocycles. The number of carbonyl (C=O) groups excluding carboxylic acids is 2. The van der Waals surface area contributed by atoms with Gasteiger partial charge in [0.1, 0.15) is 0 Å². The first kappa shape index (κ1) is 17.6. The van der Waals surface area contributed by atoms with Gasteiger partial charge < -0.3 is 14.3 Å². The molecule has 6 heteroatoms. The molecule has 2 amide bonds. The number of amides is 2. The average Bonchev–Trinajstić information content (AvgIpc) is 3.12. The van der Waals surface area contributed by atoms with Crippen LogP contribution in [0.2, 0.25) is 0 Å². The fourth-order valence-electron chi connectivity index (χ4n) is 5.01. The van der Waals surface area contributed by atoms with Crippen molar-refractivity contribution in [3.63, 3.8) is 0 Å². The van der Waals surface area contributed by atoms with Gasteiger partial charge in [-0.25, -0.2) is 0 Å². The summed E-state index contributed by atoms with van der Waals surface area (Å²) >= 11 is 0. The Morgan fingerprint density at radius 2 is 1.96 bits per heavy atom. The molecule has 1 aromatic heterocycles. The van der Waals surface area contributed by atoms with Crippen molar-refractivity contribution >= 4 is 11.8 Å². The molecule has 1 aliphatic carbocycles. The molecule has 0 bridgehead atoms. The summed E-state index contributed by atoms with van der Waals surface area (Å²) in [6.07, 6.45) is 9.47. The van der Waals surface area contributed by atoms with Crippen molar-refractivity contribution in [3.05, 3.63) is 17.5 Å². The van der Waals surface area contributed by atoms with E-state index < -0.39 is 0 Å². The fourth-order valence-corrected chi connectivity index (χ4v) is 5.01. The van der Waals surface area contributed by atoms with Gasteiger partial charge in [0.05, 0.1) is 5.69 Å². The van der Waals surface area contributed by atoms with Gasteiger partial charge in [0, 0.05) is 44.6 Å². The van der Waals surface area contributed by atoms with Crippen molar-refractivity contribution in [3.8, 4) is 0 Å². The van der Waals surface area contributed by atoms with Crippen LogP contribution in [0.15, 0.2) is 10.6 Å². The average molecular weight is 359 g/mol. The fraction of sp³-hybridized carbons (Fsp3) is 0.750. The number of aromatic nitrogens is 1. The van der Waals surface area contributed by atoms with E-state index in [0.717, 1.165) is 37.8 Å². The maximum atomic E-state index is 12.9. The van der Waals surface area contributed by atoms with Crippen LogP contribution >= 0.6 is 0 Å².